The van der Waals surface area contributed by atoms with E-state index < -0.39 is 24.3 Å². The Hall–Kier alpha value is -2.66. The third-order valence-corrected chi connectivity index (χ3v) is 5.06. The first kappa shape index (κ1) is 24.0. The fraction of sp³-hybridized carbons (Fsp3) is 0.400. The number of benzene rings is 1. The van der Waals surface area contributed by atoms with Crippen molar-refractivity contribution in [3.8, 4) is 5.75 Å². The Morgan fingerprint density at radius 1 is 1.19 bits per heavy atom. The van der Waals surface area contributed by atoms with Crippen LogP contribution < -0.4 is 15.0 Å². The number of pyridine rings is 1. The minimum atomic E-state index is -4.53. The number of para-hydroxylation sites is 2. The van der Waals surface area contributed by atoms with Gasteiger partial charge in [0.05, 0.1) is 22.8 Å². The van der Waals surface area contributed by atoms with Gasteiger partial charge >= 0.3 is 12.8 Å². The summed E-state index contributed by atoms with van der Waals surface area (Å²) in [6.45, 7) is -1.13. The average molecular weight is 479 g/mol. The van der Waals surface area contributed by atoms with Crippen molar-refractivity contribution >= 4 is 29.0 Å². The lowest BCUT2D eigenvalue weighted by Gasteiger charge is -2.24. The van der Waals surface area contributed by atoms with Crippen LogP contribution >= 0.6 is 11.6 Å². The van der Waals surface area contributed by atoms with Gasteiger partial charge in [-0.2, -0.15) is 22.0 Å². The molecular weight excluding hydrogens is 459 g/mol. The second-order valence-electron chi connectivity index (χ2n) is 7.07. The van der Waals surface area contributed by atoms with Crippen LogP contribution in [0.4, 0.5) is 33.5 Å². The molecule has 1 aliphatic rings. The van der Waals surface area contributed by atoms with Gasteiger partial charge in [-0.1, -0.05) is 23.7 Å². The summed E-state index contributed by atoms with van der Waals surface area (Å²) in [6, 6.07) is 6.72. The number of nitrogens with one attached hydrogen (secondary N) is 1. The number of rotatable bonds is 6. The third kappa shape index (κ3) is 6.42. The summed E-state index contributed by atoms with van der Waals surface area (Å²) in [5.74, 6) is -0.292. The molecule has 0 bridgehead atoms. The highest BCUT2D eigenvalue weighted by Gasteiger charge is 2.32. The van der Waals surface area contributed by atoms with Crippen LogP contribution in [0, 0.1) is 0 Å². The molecule has 6 nitrogen and oxygen atoms in total. The molecule has 1 aromatic carbocycles. The summed E-state index contributed by atoms with van der Waals surface area (Å²) >= 11 is 6.04. The molecule has 32 heavy (non-hydrogen) atoms. The Kier molecular flexibility index (Phi) is 7.73. The summed E-state index contributed by atoms with van der Waals surface area (Å²) in [5.41, 5.74) is -0.787. The first-order valence-electron chi connectivity index (χ1n) is 9.67. The Morgan fingerprint density at radius 2 is 1.94 bits per heavy atom. The standard InChI is InChI=1S/C20H20ClF5N4O2/c21-14-10-13(20(24,25)26)11-27-18(14)30-7-3-6-29(8-9-30)12-17(31)28-15-4-1-2-5-16(15)32-19(22)23/h1-2,4-5,10-11,19H,3,6-9,12H2,(H,28,31). The van der Waals surface area contributed by atoms with Gasteiger partial charge in [0.1, 0.15) is 11.6 Å². The number of alkyl halides is 5. The molecule has 2 aromatic rings. The number of nitrogens with zero attached hydrogens (tertiary/aromatic N) is 3. The van der Waals surface area contributed by atoms with Gasteiger partial charge in [-0.15, -0.1) is 0 Å². The van der Waals surface area contributed by atoms with E-state index in [0.717, 1.165) is 12.3 Å². The van der Waals surface area contributed by atoms with Crippen LogP contribution in [0.25, 0.3) is 0 Å². The van der Waals surface area contributed by atoms with E-state index in [2.05, 4.69) is 15.0 Å². The van der Waals surface area contributed by atoms with Crippen LogP contribution in [0.5, 0.6) is 5.75 Å². The van der Waals surface area contributed by atoms with Crippen molar-refractivity contribution in [3.05, 3.63) is 47.1 Å². The average Bonchev–Trinajstić information content (AvgIpc) is 2.94. The van der Waals surface area contributed by atoms with Crippen LogP contribution in [0.1, 0.15) is 12.0 Å². The number of carbonyl (C=O) groups is 1. The first-order chi connectivity index (χ1) is 15.1. The third-order valence-electron chi connectivity index (χ3n) is 4.78. The summed E-state index contributed by atoms with van der Waals surface area (Å²) in [5, 5.41) is 2.47. The van der Waals surface area contributed by atoms with Crippen molar-refractivity contribution in [2.24, 2.45) is 0 Å². The zero-order valence-electron chi connectivity index (χ0n) is 16.7. The lowest BCUT2D eigenvalue weighted by atomic mass is 10.2. The molecule has 1 amide bonds. The molecule has 3 rings (SSSR count). The van der Waals surface area contributed by atoms with E-state index in [9.17, 15) is 26.7 Å². The van der Waals surface area contributed by atoms with Gasteiger partial charge in [0, 0.05) is 32.4 Å². The lowest BCUT2D eigenvalue weighted by molar-refractivity contribution is -0.137. The molecule has 0 aliphatic carbocycles. The van der Waals surface area contributed by atoms with Crippen LogP contribution in [-0.2, 0) is 11.0 Å². The number of aromatic nitrogens is 1. The highest BCUT2D eigenvalue weighted by atomic mass is 35.5. The first-order valence-corrected chi connectivity index (χ1v) is 10.0. The van der Waals surface area contributed by atoms with Gasteiger partial charge in [0.15, 0.2) is 0 Å². The van der Waals surface area contributed by atoms with Gasteiger partial charge in [-0.3, -0.25) is 9.69 Å². The molecule has 1 N–H and O–H groups in total. The van der Waals surface area contributed by atoms with Crippen LogP contribution in [0.3, 0.4) is 0 Å². The fourth-order valence-electron chi connectivity index (χ4n) is 3.32. The molecule has 1 aromatic heterocycles. The van der Waals surface area contributed by atoms with Gasteiger partial charge in [0.2, 0.25) is 5.91 Å². The molecule has 12 heteroatoms. The van der Waals surface area contributed by atoms with Crippen molar-refractivity contribution < 1.29 is 31.5 Å². The van der Waals surface area contributed by atoms with Gasteiger partial charge in [-0.25, -0.2) is 4.98 Å². The predicted molar refractivity (Wildman–Crippen MR) is 109 cm³/mol. The SMILES string of the molecule is O=C(CN1CCCN(c2ncc(C(F)(F)F)cc2Cl)CC1)Nc1ccccc1OC(F)F. The molecule has 2 heterocycles. The van der Waals surface area contributed by atoms with E-state index >= 15 is 0 Å². The van der Waals surface area contributed by atoms with Crippen LogP contribution in [-0.4, -0.2) is 55.1 Å². The number of ether oxygens (including phenoxy) is 1. The Balaban J connectivity index is 1.59. The number of anilines is 2. The Labute approximate surface area is 185 Å². The zero-order chi connectivity index (χ0) is 23.3. The van der Waals surface area contributed by atoms with Crippen LogP contribution in [0.2, 0.25) is 5.02 Å². The van der Waals surface area contributed by atoms with Crippen molar-refractivity contribution in [1.29, 1.82) is 0 Å². The summed E-state index contributed by atoms with van der Waals surface area (Å²) in [4.78, 5) is 19.9. The molecular formula is C20H20ClF5N4O2. The number of carbonyl (C=O) groups excluding carboxylic acids is 1. The number of amides is 1. The molecule has 0 saturated carbocycles. The quantitative estimate of drug-likeness (QED) is 0.619. The summed E-state index contributed by atoms with van der Waals surface area (Å²) in [6.07, 6.45) is -3.16. The molecule has 0 radical (unpaired) electrons. The zero-order valence-corrected chi connectivity index (χ0v) is 17.5. The van der Waals surface area contributed by atoms with Gasteiger partial charge in [-0.05, 0) is 24.6 Å². The highest BCUT2D eigenvalue weighted by molar-refractivity contribution is 6.33. The monoisotopic (exact) mass is 478 g/mol. The second-order valence-corrected chi connectivity index (χ2v) is 7.47. The molecule has 1 aliphatic heterocycles. The van der Waals surface area contributed by atoms with Crippen LogP contribution in [0.15, 0.2) is 36.5 Å². The van der Waals surface area contributed by atoms with Crippen molar-refractivity contribution in [2.75, 3.05) is 42.9 Å². The number of halogens is 6. The summed E-state index contributed by atoms with van der Waals surface area (Å²) in [7, 11) is 0. The maximum absolute atomic E-state index is 12.8. The van der Waals surface area contributed by atoms with Gasteiger partial charge in [0.25, 0.3) is 0 Å². The van der Waals surface area contributed by atoms with Crippen molar-refractivity contribution in [1.82, 2.24) is 9.88 Å². The lowest BCUT2D eigenvalue weighted by Crippen LogP contribution is -2.36. The topological polar surface area (TPSA) is 57.7 Å². The number of hydrogen-bond donors (Lipinski definition) is 1. The van der Waals surface area contributed by atoms with E-state index in [-0.39, 0.29) is 28.8 Å². The normalized spacial score (nSPS) is 15.5. The predicted octanol–water partition coefficient (Wildman–Crippen LogP) is 4.51. The van der Waals surface area contributed by atoms with E-state index in [4.69, 9.17) is 11.6 Å². The van der Waals surface area contributed by atoms with Crippen molar-refractivity contribution in [2.45, 2.75) is 19.2 Å². The Morgan fingerprint density at radius 3 is 2.62 bits per heavy atom. The van der Waals surface area contributed by atoms with E-state index in [0.29, 0.717) is 32.6 Å². The maximum Gasteiger partial charge on any atom is 0.417 e. The molecule has 0 spiro atoms. The van der Waals surface area contributed by atoms with E-state index in [1.807, 2.05) is 4.90 Å². The largest absolute Gasteiger partial charge is 0.433 e. The minimum absolute atomic E-state index is 0.00499. The summed E-state index contributed by atoms with van der Waals surface area (Å²) < 4.78 is 67.9. The van der Waals surface area contributed by atoms with Gasteiger partial charge < -0.3 is 15.0 Å². The molecule has 174 valence electrons. The molecule has 1 fully saturated rings. The minimum Gasteiger partial charge on any atom is -0.433 e. The van der Waals surface area contributed by atoms with Crippen molar-refractivity contribution in [3.63, 3.8) is 0 Å². The fourth-order valence-corrected chi connectivity index (χ4v) is 3.61. The highest BCUT2D eigenvalue weighted by Crippen LogP contribution is 2.33. The molecule has 1 saturated heterocycles. The van der Waals surface area contributed by atoms with E-state index in [1.54, 1.807) is 11.0 Å². The Bertz CT molecular complexity index is 944. The molecule has 0 atom stereocenters. The number of hydrogen-bond acceptors (Lipinski definition) is 5. The smallest absolute Gasteiger partial charge is 0.417 e. The van der Waals surface area contributed by atoms with E-state index in [1.165, 1.54) is 18.2 Å². The molecule has 0 unspecified atom stereocenters. The maximum atomic E-state index is 12.8. The second kappa shape index (κ2) is 10.3.